The average molecular weight is 356 g/mol. The molecule has 0 radical (unpaired) electrons. The van der Waals surface area contributed by atoms with Crippen LogP contribution in [0, 0.1) is 0 Å². The summed E-state index contributed by atoms with van der Waals surface area (Å²) in [5.74, 6) is -0.347. The van der Waals surface area contributed by atoms with Crippen LogP contribution in [-0.2, 0) is 4.74 Å². The van der Waals surface area contributed by atoms with E-state index >= 15 is 0 Å². The quantitative estimate of drug-likeness (QED) is 0.538. The predicted molar refractivity (Wildman–Crippen MR) is 92.8 cm³/mol. The van der Waals surface area contributed by atoms with Gasteiger partial charge in [-0.1, -0.05) is 36.4 Å². The van der Waals surface area contributed by atoms with Crippen LogP contribution in [0.3, 0.4) is 0 Å². The van der Waals surface area contributed by atoms with Gasteiger partial charge < -0.3 is 10.5 Å². The Morgan fingerprint density at radius 3 is 2.50 bits per heavy atom. The second-order valence-electron chi connectivity index (χ2n) is 4.94. The lowest BCUT2D eigenvalue weighted by Gasteiger charge is -2.12. The number of methoxy groups -OCH3 is 1. The first-order valence-corrected chi connectivity index (χ1v) is 7.56. The number of carbonyl (C=O) groups excluding carboxylic acids is 1. The maximum absolute atomic E-state index is 11.7. The number of rotatable bonds is 2. The molecule has 0 bridgehead atoms. The van der Waals surface area contributed by atoms with Gasteiger partial charge in [0.25, 0.3) is 0 Å². The molecule has 0 atom stereocenters. The van der Waals surface area contributed by atoms with Crippen molar-refractivity contribution in [3.05, 3.63) is 64.6 Å². The molecular weight excluding hydrogens is 342 g/mol. The normalized spacial score (nSPS) is 10.6. The van der Waals surface area contributed by atoms with Gasteiger partial charge in [0.15, 0.2) is 0 Å². The lowest BCUT2D eigenvalue weighted by molar-refractivity contribution is 0.0601. The van der Waals surface area contributed by atoms with Crippen molar-refractivity contribution in [3.63, 3.8) is 0 Å². The number of hydrogen-bond donors (Lipinski definition) is 1. The van der Waals surface area contributed by atoms with E-state index in [1.807, 2.05) is 48.5 Å². The molecule has 3 aromatic carbocycles. The molecule has 0 fully saturated rings. The van der Waals surface area contributed by atoms with Gasteiger partial charge in [-0.15, -0.1) is 0 Å². The number of nitrogen functional groups attached to an aromatic ring is 1. The van der Waals surface area contributed by atoms with Crippen LogP contribution >= 0.6 is 15.9 Å². The van der Waals surface area contributed by atoms with Gasteiger partial charge in [0.05, 0.1) is 18.4 Å². The molecule has 0 saturated carbocycles. The third-order valence-electron chi connectivity index (χ3n) is 3.63. The fraction of sp³-hybridized carbons (Fsp3) is 0.0556. The summed E-state index contributed by atoms with van der Waals surface area (Å²) in [6.07, 6.45) is 0. The van der Waals surface area contributed by atoms with Gasteiger partial charge in [-0.2, -0.15) is 0 Å². The molecule has 22 heavy (non-hydrogen) atoms. The third kappa shape index (κ3) is 2.46. The minimum Gasteiger partial charge on any atom is -0.465 e. The highest BCUT2D eigenvalue weighted by molar-refractivity contribution is 9.10. The van der Waals surface area contributed by atoms with Gasteiger partial charge in [0, 0.05) is 9.86 Å². The molecule has 0 aliphatic carbocycles. The van der Waals surface area contributed by atoms with E-state index in [0.29, 0.717) is 11.3 Å². The van der Waals surface area contributed by atoms with Crippen molar-refractivity contribution >= 4 is 38.4 Å². The van der Waals surface area contributed by atoms with Gasteiger partial charge in [-0.05, 0) is 50.6 Å². The van der Waals surface area contributed by atoms with Gasteiger partial charge in [0.2, 0.25) is 0 Å². The first kappa shape index (κ1) is 14.6. The van der Waals surface area contributed by atoms with E-state index < -0.39 is 0 Å². The first-order valence-electron chi connectivity index (χ1n) is 6.77. The molecular formula is C18H14BrNO2. The summed E-state index contributed by atoms with van der Waals surface area (Å²) >= 11 is 3.51. The zero-order chi connectivity index (χ0) is 15.7. The van der Waals surface area contributed by atoms with Crippen molar-refractivity contribution in [2.75, 3.05) is 12.8 Å². The monoisotopic (exact) mass is 355 g/mol. The van der Waals surface area contributed by atoms with E-state index in [-0.39, 0.29) is 5.97 Å². The Morgan fingerprint density at radius 2 is 1.77 bits per heavy atom. The molecule has 3 nitrogen and oxygen atoms in total. The second kappa shape index (κ2) is 5.81. The summed E-state index contributed by atoms with van der Waals surface area (Å²) in [6, 6.07) is 17.3. The Bertz CT molecular complexity index is 874. The van der Waals surface area contributed by atoms with Crippen molar-refractivity contribution < 1.29 is 9.53 Å². The number of fused-ring (bicyclic) bond motifs is 1. The minimum atomic E-state index is -0.347. The number of halogens is 1. The molecule has 0 aromatic heterocycles. The standard InChI is InChI=1S/C18H14BrNO2/c1-22-18(21)12-6-4-5-11(9-12)15-10-16(19)17(20)14-8-3-2-7-13(14)15/h2-10H,20H2,1H3. The van der Waals surface area contributed by atoms with Gasteiger partial charge >= 0.3 is 5.97 Å². The molecule has 2 N–H and O–H groups in total. The van der Waals surface area contributed by atoms with Crippen molar-refractivity contribution in [1.82, 2.24) is 0 Å². The zero-order valence-electron chi connectivity index (χ0n) is 12.0. The van der Waals surface area contributed by atoms with Crippen LogP contribution in [0.15, 0.2) is 59.1 Å². The lowest BCUT2D eigenvalue weighted by atomic mass is 9.96. The Labute approximate surface area is 136 Å². The van der Waals surface area contributed by atoms with Crippen LogP contribution in [0.25, 0.3) is 21.9 Å². The number of nitrogens with two attached hydrogens (primary N) is 1. The van der Waals surface area contributed by atoms with Gasteiger partial charge in [0.1, 0.15) is 0 Å². The molecule has 0 unspecified atom stereocenters. The fourth-order valence-corrected chi connectivity index (χ4v) is 2.98. The third-order valence-corrected chi connectivity index (χ3v) is 4.29. The largest absolute Gasteiger partial charge is 0.465 e. The Balaban J connectivity index is 2.27. The van der Waals surface area contributed by atoms with Crippen LogP contribution < -0.4 is 5.73 Å². The molecule has 0 saturated heterocycles. The van der Waals surface area contributed by atoms with Gasteiger partial charge in [-0.25, -0.2) is 4.79 Å². The molecule has 0 aliphatic heterocycles. The molecule has 3 rings (SSSR count). The number of ether oxygens (including phenoxy) is 1. The van der Waals surface area contributed by atoms with Crippen molar-refractivity contribution in [2.45, 2.75) is 0 Å². The van der Waals surface area contributed by atoms with E-state index in [1.54, 1.807) is 6.07 Å². The number of esters is 1. The SMILES string of the molecule is COC(=O)c1cccc(-c2cc(Br)c(N)c3ccccc23)c1. The number of carbonyl (C=O) groups is 1. The minimum absolute atomic E-state index is 0.347. The van der Waals surface area contributed by atoms with Crippen molar-refractivity contribution in [1.29, 1.82) is 0 Å². The molecule has 0 aliphatic rings. The van der Waals surface area contributed by atoms with E-state index in [0.717, 1.165) is 26.4 Å². The Hall–Kier alpha value is -2.33. The Kier molecular flexibility index (Phi) is 3.86. The highest BCUT2D eigenvalue weighted by Crippen LogP contribution is 2.37. The maximum Gasteiger partial charge on any atom is 0.337 e. The molecule has 3 aromatic rings. The van der Waals surface area contributed by atoms with Crippen LogP contribution in [0.2, 0.25) is 0 Å². The highest BCUT2D eigenvalue weighted by atomic mass is 79.9. The second-order valence-corrected chi connectivity index (χ2v) is 5.79. The van der Waals surface area contributed by atoms with Crippen LogP contribution in [0.4, 0.5) is 5.69 Å². The van der Waals surface area contributed by atoms with Gasteiger partial charge in [-0.3, -0.25) is 0 Å². The van der Waals surface area contributed by atoms with E-state index in [1.165, 1.54) is 7.11 Å². The van der Waals surface area contributed by atoms with Crippen molar-refractivity contribution in [2.24, 2.45) is 0 Å². The van der Waals surface area contributed by atoms with Crippen LogP contribution in [-0.4, -0.2) is 13.1 Å². The van der Waals surface area contributed by atoms with E-state index in [9.17, 15) is 4.79 Å². The summed E-state index contributed by atoms with van der Waals surface area (Å²) in [6.45, 7) is 0. The van der Waals surface area contributed by atoms with Crippen molar-refractivity contribution in [3.8, 4) is 11.1 Å². The Morgan fingerprint density at radius 1 is 1.05 bits per heavy atom. The summed E-state index contributed by atoms with van der Waals surface area (Å²) in [7, 11) is 1.38. The van der Waals surface area contributed by atoms with Crippen LogP contribution in [0.1, 0.15) is 10.4 Å². The first-order chi connectivity index (χ1) is 10.6. The van der Waals surface area contributed by atoms with E-state index in [2.05, 4.69) is 15.9 Å². The number of anilines is 1. The maximum atomic E-state index is 11.7. The average Bonchev–Trinajstić information content (AvgIpc) is 2.57. The van der Waals surface area contributed by atoms with Crippen LogP contribution in [0.5, 0.6) is 0 Å². The smallest absolute Gasteiger partial charge is 0.337 e. The summed E-state index contributed by atoms with van der Waals surface area (Å²) in [5, 5.41) is 2.03. The van der Waals surface area contributed by atoms with E-state index in [4.69, 9.17) is 10.5 Å². The molecule has 0 amide bonds. The topological polar surface area (TPSA) is 52.3 Å². The zero-order valence-corrected chi connectivity index (χ0v) is 13.6. The molecule has 4 heteroatoms. The summed E-state index contributed by atoms with van der Waals surface area (Å²) < 4.78 is 5.63. The number of hydrogen-bond acceptors (Lipinski definition) is 3. The molecule has 0 heterocycles. The molecule has 0 spiro atoms. The molecule has 110 valence electrons. The predicted octanol–water partition coefficient (Wildman–Crippen LogP) is 4.64. The summed E-state index contributed by atoms with van der Waals surface area (Å²) in [5.41, 5.74) is 9.34. The summed E-state index contributed by atoms with van der Waals surface area (Å²) in [4.78, 5) is 11.7. The lowest BCUT2D eigenvalue weighted by Crippen LogP contribution is -2.01. The highest BCUT2D eigenvalue weighted by Gasteiger charge is 2.12. The number of benzene rings is 3. The fourth-order valence-electron chi connectivity index (χ4n) is 2.53.